The van der Waals surface area contributed by atoms with Crippen molar-refractivity contribution in [3.05, 3.63) is 52.0 Å². The molecule has 5 nitrogen and oxygen atoms in total. The molecule has 2 aromatic rings. The molecule has 3 aliphatic rings. The molecule has 2 aromatic carbocycles. The molecule has 1 aliphatic carbocycles. The van der Waals surface area contributed by atoms with Crippen LogP contribution in [-0.4, -0.2) is 26.9 Å². The molecule has 1 unspecified atom stereocenters. The minimum Gasteiger partial charge on any atom is -0.310 e. The van der Waals surface area contributed by atoms with Crippen LogP contribution in [0.2, 0.25) is 0 Å². The Hall–Kier alpha value is -1.86. The van der Waals surface area contributed by atoms with Gasteiger partial charge in [0.25, 0.3) is 10.0 Å². The van der Waals surface area contributed by atoms with Gasteiger partial charge < -0.3 is 4.90 Å². The van der Waals surface area contributed by atoms with E-state index in [9.17, 15) is 13.2 Å². The third kappa shape index (κ3) is 2.70. The molecule has 0 N–H and O–H groups in total. The number of para-hydroxylation sites is 1. The fourth-order valence-corrected chi connectivity index (χ4v) is 7.06. The summed E-state index contributed by atoms with van der Waals surface area (Å²) in [6.45, 7) is 2.48. The number of fused-ring (bicyclic) bond motifs is 2. The number of hydrogen-bond acceptors (Lipinski definition) is 3. The molecule has 28 heavy (non-hydrogen) atoms. The van der Waals surface area contributed by atoms with Gasteiger partial charge in [-0.25, -0.2) is 8.42 Å². The lowest BCUT2D eigenvalue weighted by Gasteiger charge is -2.28. The van der Waals surface area contributed by atoms with Crippen LogP contribution >= 0.6 is 15.9 Å². The SMILES string of the molecule is CC1Cc2ccccc2N1S(=O)(=O)c1cc(Br)cc2c1N(C(=O)C1CC1)CC2. The maximum absolute atomic E-state index is 13.8. The maximum Gasteiger partial charge on any atom is 0.266 e. The summed E-state index contributed by atoms with van der Waals surface area (Å²) in [5.74, 6) is 0.115. The van der Waals surface area contributed by atoms with Crippen molar-refractivity contribution in [2.45, 2.75) is 43.5 Å². The fraction of sp³-hybridized carbons (Fsp3) is 0.381. The molecule has 1 amide bonds. The number of rotatable bonds is 3. The van der Waals surface area contributed by atoms with Crippen LogP contribution < -0.4 is 9.21 Å². The first kappa shape index (κ1) is 18.2. The zero-order valence-electron chi connectivity index (χ0n) is 15.6. The molecule has 0 aromatic heterocycles. The van der Waals surface area contributed by atoms with Gasteiger partial charge >= 0.3 is 0 Å². The van der Waals surface area contributed by atoms with Gasteiger partial charge in [-0.2, -0.15) is 0 Å². The highest BCUT2D eigenvalue weighted by Gasteiger charge is 2.42. The number of sulfonamides is 1. The van der Waals surface area contributed by atoms with Gasteiger partial charge in [-0.3, -0.25) is 9.10 Å². The van der Waals surface area contributed by atoms with Crippen LogP contribution in [0.15, 0.2) is 45.8 Å². The predicted octanol–water partition coefficient (Wildman–Crippen LogP) is 3.89. The number of nitrogens with zero attached hydrogens (tertiary/aromatic N) is 2. The van der Waals surface area contributed by atoms with Crippen molar-refractivity contribution in [3.63, 3.8) is 0 Å². The average Bonchev–Trinajstić information content (AvgIpc) is 3.32. The Morgan fingerprint density at radius 2 is 1.89 bits per heavy atom. The van der Waals surface area contributed by atoms with Crippen LogP contribution in [0.4, 0.5) is 11.4 Å². The van der Waals surface area contributed by atoms with Gasteiger partial charge in [0, 0.05) is 23.0 Å². The Morgan fingerprint density at radius 1 is 1.14 bits per heavy atom. The number of amides is 1. The Morgan fingerprint density at radius 3 is 2.64 bits per heavy atom. The molecule has 2 aliphatic heterocycles. The van der Waals surface area contributed by atoms with Crippen molar-refractivity contribution in [2.75, 3.05) is 15.7 Å². The van der Waals surface area contributed by atoms with Gasteiger partial charge in [-0.1, -0.05) is 34.1 Å². The summed E-state index contributed by atoms with van der Waals surface area (Å²) in [6, 6.07) is 11.1. The van der Waals surface area contributed by atoms with Gasteiger partial charge in [0.2, 0.25) is 5.91 Å². The summed E-state index contributed by atoms with van der Waals surface area (Å²) < 4.78 is 29.9. The molecular formula is C21H21BrN2O3S. The van der Waals surface area contributed by atoms with E-state index < -0.39 is 10.0 Å². The van der Waals surface area contributed by atoms with Crippen LogP contribution in [0.5, 0.6) is 0 Å². The van der Waals surface area contributed by atoms with Crippen molar-refractivity contribution in [3.8, 4) is 0 Å². The second kappa shape index (κ2) is 6.32. The summed E-state index contributed by atoms with van der Waals surface area (Å²) >= 11 is 3.48. The molecule has 5 rings (SSSR count). The lowest BCUT2D eigenvalue weighted by atomic mass is 10.1. The summed E-state index contributed by atoms with van der Waals surface area (Å²) in [7, 11) is -3.81. The standard InChI is InChI=1S/C21H21BrN2O3S/c1-13-10-15-4-2-3-5-18(15)24(13)28(26,27)19-12-17(22)11-16-8-9-23(20(16)19)21(25)14-6-7-14/h2-5,11-14H,6-10H2,1H3. The monoisotopic (exact) mass is 460 g/mol. The Balaban J connectivity index is 1.67. The highest BCUT2D eigenvalue weighted by molar-refractivity contribution is 9.10. The fourth-order valence-electron chi connectivity index (χ4n) is 4.45. The normalized spacial score (nSPS) is 21.0. The predicted molar refractivity (Wildman–Crippen MR) is 112 cm³/mol. The first-order valence-corrected chi connectivity index (χ1v) is 11.9. The van der Waals surface area contributed by atoms with E-state index in [0.29, 0.717) is 25.1 Å². The molecule has 0 radical (unpaired) electrons. The smallest absolute Gasteiger partial charge is 0.266 e. The lowest BCUT2D eigenvalue weighted by molar-refractivity contribution is -0.119. The minimum atomic E-state index is -3.81. The quantitative estimate of drug-likeness (QED) is 0.697. The van der Waals surface area contributed by atoms with Gasteiger partial charge in [0.05, 0.1) is 11.4 Å². The van der Waals surface area contributed by atoms with Crippen molar-refractivity contribution in [1.29, 1.82) is 0 Å². The maximum atomic E-state index is 13.8. The van der Waals surface area contributed by atoms with Gasteiger partial charge in [-0.15, -0.1) is 0 Å². The van der Waals surface area contributed by atoms with Crippen LogP contribution in [0.3, 0.4) is 0 Å². The third-order valence-electron chi connectivity index (χ3n) is 5.87. The zero-order chi connectivity index (χ0) is 19.6. The van der Waals surface area contributed by atoms with E-state index in [1.165, 1.54) is 4.31 Å². The Kier molecular flexibility index (Phi) is 4.11. The van der Waals surface area contributed by atoms with Crippen molar-refractivity contribution < 1.29 is 13.2 Å². The van der Waals surface area contributed by atoms with Crippen molar-refractivity contribution in [2.24, 2.45) is 5.92 Å². The molecule has 7 heteroatoms. The van der Waals surface area contributed by atoms with Crippen LogP contribution in [-0.2, 0) is 27.7 Å². The number of anilines is 2. The first-order valence-electron chi connectivity index (χ1n) is 9.64. The number of benzene rings is 2. The summed E-state index contributed by atoms with van der Waals surface area (Å²) in [5.41, 5.74) is 3.27. The highest BCUT2D eigenvalue weighted by Crippen LogP contribution is 2.44. The number of halogens is 1. The topological polar surface area (TPSA) is 57.7 Å². The van der Waals surface area contributed by atoms with E-state index in [-0.39, 0.29) is 22.8 Å². The molecule has 0 saturated heterocycles. The molecule has 146 valence electrons. The van der Waals surface area contributed by atoms with Gasteiger partial charge in [-0.05, 0) is 61.9 Å². The zero-order valence-corrected chi connectivity index (χ0v) is 18.0. The number of carbonyl (C=O) groups excluding carboxylic acids is 1. The largest absolute Gasteiger partial charge is 0.310 e. The second-order valence-electron chi connectivity index (χ2n) is 7.91. The lowest BCUT2D eigenvalue weighted by Crippen LogP contribution is -2.37. The minimum absolute atomic E-state index is 0.0524. The summed E-state index contributed by atoms with van der Waals surface area (Å²) in [4.78, 5) is 14.8. The van der Waals surface area contributed by atoms with Crippen molar-refractivity contribution >= 4 is 43.2 Å². The van der Waals surface area contributed by atoms with Crippen LogP contribution in [0.1, 0.15) is 30.9 Å². The van der Waals surface area contributed by atoms with E-state index in [4.69, 9.17) is 0 Å². The molecule has 1 fully saturated rings. The summed E-state index contributed by atoms with van der Waals surface area (Å²) in [6.07, 6.45) is 3.18. The Bertz CT molecular complexity index is 1090. The number of hydrogen-bond donors (Lipinski definition) is 0. The van der Waals surface area contributed by atoms with E-state index in [1.54, 1.807) is 11.0 Å². The van der Waals surface area contributed by atoms with Gasteiger partial charge in [0.15, 0.2) is 0 Å². The molecule has 2 heterocycles. The molecule has 0 spiro atoms. The molecule has 0 bridgehead atoms. The first-order chi connectivity index (χ1) is 13.4. The highest BCUT2D eigenvalue weighted by atomic mass is 79.9. The second-order valence-corrected chi connectivity index (χ2v) is 10.6. The van der Waals surface area contributed by atoms with Crippen molar-refractivity contribution in [1.82, 2.24) is 0 Å². The van der Waals surface area contributed by atoms with Crippen LogP contribution in [0, 0.1) is 5.92 Å². The molecular weight excluding hydrogens is 440 g/mol. The van der Waals surface area contributed by atoms with E-state index in [2.05, 4.69) is 15.9 Å². The van der Waals surface area contributed by atoms with E-state index in [0.717, 1.165) is 34.1 Å². The average molecular weight is 461 g/mol. The molecule has 1 saturated carbocycles. The van der Waals surface area contributed by atoms with E-state index >= 15 is 0 Å². The Labute approximate surface area is 173 Å². The van der Waals surface area contributed by atoms with Crippen LogP contribution in [0.25, 0.3) is 0 Å². The molecule has 1 atom stereocenters. The van der Waals surface area contributed by atoms with E-state index in [1.807, 2.05) is 37.3 Å². The van der Waals surface area contributed by atoms with Gasteiger partial charge in [0.1, 0.15) is 4.90 Å². The number of carbonyl (C=O) groups is 1. The summed E-state index contributed by atoms with van der Waals surface area (Å²) in [5, 5.41) is 0. The third-order valence-corrected chi connectivity index (χ3v) is 8.27.